The highest BCUT2D eigenvalue weighted by atomic mass is 16.7. The summed E-state index contributed by atoms with van der Waals surface area (Å²) >= 11 is 0. The Labute approximate surface area is 799 Å². The molecule has 0 rings (SSSR count). The van der Waals surface area contributed by atoms with Crippen LogP contribution in [0.4, 0.5) is 0 Å². The molecule has 0 aromatic carbocycles. The molecule has 0 heterocycles. The highest BCUT2D eigenvalue weighted by molar-refractivity contribution is 4.51. The predicted molar refractivity (Wildman–Crippen MR) is 488 cm³/mol. The zero-order valence-corrected chi connectivity index (χ0v) is 81.8. The Balaban J connectivity index is 3.10. The zero-order chi connectivity index (χ0) is 95.5. The molecule has 45 nitrogen and oxygen atoms in total. The number of hydrogen-bond donors (Lipinski definition) is 2. The van der Waals surface area contributed by atoms with E-state index in [0.29, 0.717) is 575 Å². The molecule has 0 radical (unpaired) electrons. The standard InChI is InChI=1S/C89H182N2O43/c1-89(91)88-134-87-86-133-85-84-132-83-82-131-81-80-130-79-78-129-77-76-128-75-74-127-73-72-126-71-70-125-69-68-124-67-66-123-65-64-122-63-62-121-61-60-120-59-58-119-57-56-118-55-54-117-53-52-116-51-50-115-49-48-114-47-46-113-45-44-112-43-42-111-41-40-110-39-38-109-37-36-108-35-34-107-33-32-106-31-30-105-29-28-104-27-26-103-25-24-102-23-22-101-21-20-100-19-18-99-17-16-98-15-14-97-13-12-96-11-10-95-9-8-94-7-6-93-5-4-92-3-2-90/h89H,2-88,90-91H2,1H3. The van der Waals surface area contributed by atoms with Gasteiger partial charge in [-0.3, -0.25) is 0 Å². The average Bonchev–Trinajstić information content (AvgIpc) is 1.11. The van der Waals surface area contributed by atoms with Gasteiger partial charge in [-0.2, -0.15) is 0 Å². The van der Waals surface area contributed by atoms with Crippen molar-refractivity contribution in [3.63, 3.8) is 0 Å². The number of hydrogen-bond acceptors (Lipinski definition) is 45. The molecule has 0 aliphatic heterocycles. The molecule has 0 aliphatic rings. The summed E-state index contributed by atoms with van der Waals surface area (Å²) in [7, 11) is 0. The topological polar surface area (TPSA) is 449 Å². The van der Waals surface area contributed by atoms with Gasteiger partial charge in [-0.15, -0.1) is 0 Å². The molecule has 1 atom stereocenters. The van der Waals surface area contributed by atoms with Gasteiger partial charge in [0.2, 0.25) is 0 Å². The minimum absolute atomic E-state index is 0.0332. The molecule has 45 heteroatoms. The van der Waals surface area contributed by atoms with Crippen molar-refractivity contribution in [3.05, 3.63) is 0 Å². The predicted octanol–water partition coefficient (Wildman–Crippen LogP) is 0.00610. The molecule has 806 valence electrons. The fourth-order valence-corrected chi connectivity index (χ4v) is 9.59. The Morgan fingerprint density at radius 2 is 0.149 bits per heavy atom. The minimum Gasteiger partial charge on any atom is -0.378 e. The SMILES string of the molecule is CC(N)COCCOCCOCCOCCOCCOCCOCCOCCOCCOCCOCCOCCOCCOCCOCCOCCOCCOCCOCCOCCOCCOCCOCCOCCOCCOCCOCCOCCOCCOCCOCCOCCOCCOCCOCCOCCOCCOCCOCCOCCOCCOCCOCCN. The minimum atomic E-state index is 0.0332. The molecule has 0 bridgehead atoms. The molecule has 134 heavy (non-hydrogen) atoms. The molecular formula is C89H182N2O43. The first-order valence-corrected chi connectivity index (χ1v) is 48.1. The van der Waals surface area contributed by atoms with E-state index in [0.717, 1.165) is 0 Å². The third-order valence-corrected chi connectivity index (χ3v) is 16.3. The van der Waals surface area contributed by atoms with Crippen LogP contribution in [0.25, 0.3) is 0 Å². The first-order chi connectivity index (χ1) is 66.8. The van der Waals surface area contributed by atoms with Gasteiger partial charge >= 0.3 is 0 Å². The molecule has 0 fully saturated rings. The summed E-state index contributed by atoms with van der Waals surface area (Å²) in [4.78, 5) is 0. The second-order valence-electron chi connectivity index (χ2n) is 27.6. The largest absolute Gasteiger partial charge is 0.378 e. The smallest absolute Gasteiger partial charge is 0.0701 e. The van der Waals surface area contributed by atoms with Crippen molar-refractivity contribution in [3.8, 4) is 0 Å². The fraction of sp³-hybridized carbons (Fsp3) is 1.00. The van der Waals surface area contributed by atoms with Crippen LogP contribution in [-0.2, 0) is 204 Å². The van der Waals surface area contributed by atoms with E-state index in [1.165, 1.54) is 0 Å². The third-order valence-electron chi connectivity index (χ3n) is 16.3. The fourth-order valence-electron chi connectivity index (χ4n) is 9.59. The van der Waals surface area contributed by atoms with E-state index < -0.39 is 0 Å². The highest BCUT2D eigenvalue weighted by Gasteiger charge is 2.06. The van der Waals surface area contributed by atoms with Crippen molar-refractivity contribution < 1.29 is 204 Å². The van der Waals surface area contributed by atoms with Crippen LogP contribution in [0.3, 0.4) is 0 Å². The number of ether oxygens (including phenoxy) is 43. The summed E-state index contributed by atoms with van der Waals surface area (Å²) in [6, 6.07) is 0.0332. The first kappa shape index (κ1) is 132. The molecule has 0 aromatic rings. The van der Waals surface area contributed by atoms with Crippen LogP contribution < -0.4 is 11.5 Å². The van der Waals surface area contributed by atoms with Crippen LogP contribution in [0.15, 0.2) is 0 Å². The normalized spacial score (nSPS) is 12.1. The Morgan fingerprint density at radius 1 is 0.0970 bits per heavy atom. The molecule has 4 N–H and O–H groups in total. The van der Waals surface area contributed by atoms with Crippen LogP contribution in [0.5, 0.6) is 0 Å². The van der Waals surface area contributed by atoms with E-state index >= 15 is 0 Å². The molecule has 0 amide bonds. The van der Waals surface area contributed by atoms with Gasteiger partial charge in [0.1, 0.15) is 0 Å². The molecule has 0 spiro atoms. The Kier molecular flexibility index (Phi) is 127. The maximum Gasteiger partial charge on any atom is 0.0701 e. The molecule has 0 aliphatic carbocycles. The van der Waals surface area contributed by atoms with Crippen molar-refractivity contribution in [1.29, 1.82) is 0 Å². The molecule has 0 saturated carbocycles. The van der Waals surface area contributed by atoms with Crippen molar-refractivity contribution >= 4 is 0 Å². The average molecular weight is 1970 g/mol. The van der Waals surface area contributed by atoms with Crippen molar-refractivity contribution in [1.82, 2.24) is 0 Å². The van der Waals surface area contributed by atoms with E-state index in [9.17, 15) is 0 Å². The summed E-state index contributed by atoms with van der Waals surface area (Å²) in [6.45, 7) is 44.2. The first-order valence-electron chi connectivity index (χ1n) is 48.1. The summed E-state index contributed by atoms with van der Waals surface area (Å²) in [6.07, 6.45) is 0. The summed E-state index contributed by atoms with van der Waals surface area (Å²) in [5.74, 6) is 0. The van der Waals surface area contributed by atoms with E-state index in [1.807, 2.05) is 6.92 Å². The summed E-state index contributed by atoms with van der Waals surface area (Å²) in [5, 5.41) is 0. The van der Waals surface area contributed by atoms with E-state index in [4.69, 9.17) is 215 Å². The van der Waals surface area contributed by atoms with Gasteiger partial charge in [0.25, 0.3) is 0 Å². The lowest BCUT2D eigenvalue weighted by atomic mass is 10.4. The molecule has 0 aromatic heterocycles. The quantitative estimate of drug-likeness (QED) is 0.0757. The lowest BCUT2D eigenvalue weighted by Crippen LogP contribution is -2.23. The lowest BCUT2D eigenvalue weighted by molar-refractivity contribution is -0.0329. The van der Waals surface area contributed by atoms with Crippen molar-refractivity contribution in [2.24, 2.45) is 11.5 Å². The van der Waals surface area contributed by atoms with Crippen LogP contribution in [0, 0.1) is 0 Å². The van der Waals surface area contributed by atoms with Gasteiger partial charge in [-0.05, 0) is 6.92 Å². The number of rotatable bonds is 130. The highest BCUT2D eigenvalue weighted by Crippen LogP contribution is 1.97. The van der Waals surface area contributed by atoms with Gasteiger partial charge in [-0.1, -0.05) is 0 Å². The molecular weight excluding hydrogens is 1780 g/mol. The second kappa shape index (κ2) is 129. The lowest BCUT2D eigenvalue weighted by Gasteiger charge is -2.09. The monoisotopic (exact) mass is 1970 g/mol. The van der Waals surface area contributed by atoms with Gasteiger partial charge in [0.05, 0.1) is 568 Å². The molecule has 1 unspecified atom stereocenters. The van der Waals surface area contributed by atoms with E-state index in [-0.39, 0.29) is 6.04 Å². The van der Waals surface area contributed by atoms with Crippen molar-refractivity contribution in [2.45, 2.75) is 13.0 Å². The van der Waals surface area contributed by atoms with Crippen LogP contribution in [0.2, 0.25) is 0 Å². The van der Waals surface area contributed by atoms with E-state index in [2.05, 4.69) is 0 Å². The maximum absolute atomic E-state index is 5.62. The van der Waals surface area contributed by atoms with Gasteiger partial charge in [0.15, 0.2) is 0 Å². The second-order valence-corrected chi connectivity index (χ2v) is 27.6. The third kappa shape index (κ3) is 130. The van der Waals surface area contributed by atoms with Crippen molar-refractivity contribution in [2.75, 3.05) is 575 Å². The van der Waals surface area contributed by atoms with Crippen LogP contribution >= 0.6 is 0 Å². The van der Waals surface area contributed by atoms with Gasteiger partial charge in [0, 0.05) is 12.6 Å². The van der Waals surface area contributed by atoms with E-state index in [1.54, 1.807) is 0 Å². The number of nitrogens with two attached hydrogens (primary N) is 2. The maximum atomic E-state index is 5.62. The Bertz CT molecular complexity index is 1850. The van der Waals surface area contributed by atoms with Crippen LogP contribution in [-0.4, -0.2) is 581 Å². The van der Waals surface area contributed by atoms with Crippen LogP contribution in [0.1, 0.15) is 6.92 Å². The Morgan fingerprint density at radius 3 is 0.201 bits per heavy atom. The molecule has 0 saturated heterocycles. The zero-order valence-electron chi connectivity index (χ0n) is 81.8. The van der Waals surface area contributed by atoms with Gasteiger partial charge in [-0.25, -0.2) is 0 Å². The summed E-state index contributed by atoms with van der Waals surface area (Å²) in [5.41, 5.74) is 11.0. The van der Waals surface area contributed by atoms with Gasteiger partial charge < -0.3 is 215 Å². The summed E-state index contributed by atoms with van der Waals surface area (Å²) < 4.78 is 237. The Hall–Kier alpha value is -1.80.